The molecule has 0 N–H and O–H groups in total. The van der Waals surface area contributed by atoms with Gasteiger partial charge in [0, 0.05) is 43.0 Å². The lowest BCUT2D eigenvalue weighted by molar-refractivity contribution is -0.136. The number of halogens is 1. The van der Waals surface area contributed by atoms with Gasteiger partial charge in [-0.25, -0.2) is 12.7 Å². The number of likely N-dealkylation sites (tertiary alicyclic amines) is 1. The van der Waals surface area contributed by atoms with Gasteiger partial charge in [-0.3, -0.25) is 4.79 Å². The van der Waals surface area contributed by atoms with Crippen molar-refractivity contribution in [2.45, 2.75) is 44.3 Å². The Balaban J connectivity index is 1.53. The molecule has 34 heavy (non-hydrogen) atoms. The van der Waals surface area contributed by atoms with Gasteiger partial charge in [-0.15, -0.1) is 0 Å². The highest BCUT2D eigenvalue weighted by molar-refractivity contribution is 7.88. The van der Waals surface area contributed by atoms with Gasteiger partial charge in [0.05, 0.1) is 12.4 Å². The van der Waals surface area contributed by atoms with Crippen LogP contribution in [0.1, 0.15) is 44.1 Å². The van der Waals surface area contributed by atoms with Crippen molar-refractivity contribution in [2.75, 3.05) is 32.8 Å². The fourth-order valence-electron chi connectivity index (χ4n) is 4.93. The normalized spacial score (nSPS) is 21.9. The summed E-state index contributed by atoms with van der Waals surface area (Å²) in [6, 6.07) is 16.4. The second-order valence-electron chi connectivity index (χ2n) is 9.54. The largest absolute Gasteiger partial charge is 0.493 e. The van der Waals surface area contributed by atoms with E-state index >= 15 is 0 Å². The third kappa shape index (κ3) is 6.52. The Morgan fingerprint density at radius 1 is 0.941 bits per heavy atom. The predicted octanol–water partition coefficient (Wildman–Crippen LogP) is 4.73. The summed E-state index contributed by atoms with van der Waals surface area (Å²) in [7, 11) is -3.52. The van der Waals surface area contributed by atoms with Gasteiger partial charge in [0.2, 0.25) is 15.9 Å². The number of piperidine rings is 2. The SMILES string of the molecule is O=C(CC1(COc2ccc(Cl)cc2)CCCN(S(=O)(=O)Cc2ccccc2)C1)N1CCCCC1. The molecule has 1 amide bonds. The number of nitrogens with zero attached hydrogens (tertiary/aromatic N) is 2. The molecule has 2 aliphatic heterocycles. The molecule has 1 unspecified atom stereocenters. The average molecular weight is 505 g/mol. The Hall–Kier alpha value is -2.09. The van der Waals surface area contributed by atoms with E-state index in [1.165, 1.54) is 0 Å². The number of carbonyl (C=O) groups excluding carboxylic acids is 1. The first-order valence-corrected chi connectivity index (χ1v) is 14.0. The number of benzene rings is 2. The molecule has 8 heteroatoms. The van der Waals surface area contributed by atoms with Crippen molar-refractivity contribution in [3.63, 3.8) is 0 Å². The molecular weight excluding hydrogens is 472 g/mol. The number of rotatable bonds is 8. The molecule has 2 aromatic carbocycles. The van der Waals surface area contributed by atoms with Crippen molar-refractivity contribution in [1.29, 1.82) is 0 Å². The van der Waals surface area contributed by atoms with E-state index in [0.717, 1.165) is 44.3 Å². The Morgan fingerprint density at radius 3 is 2.35 bits per heavy atom. The van der Waals surface area contributed by atoms with Crippen LogP contribution in [-0.2, 0) is 20.6 Å². The highest BCUT2D eigenvalue weighted by Crippen LogP contribution is 2.37. The molecule has 0 spiro atoms. The first kappa shape index (κ1) is 25.0. The molecule has 2 heterocycles. The van der Waals surface area contributed by atoms with Gasteiger partial charge in [0.1, 0.15) is 5.75 Å². The molecule has 2 aromatic rings. The topological polar surface area (TPSA) is 66.9 Å². The van der Waals surface area contributed by atoms with Crippen LogP contribution in [-0.4, -0.2) is 56.3 Å². The van der Waals surface area contributed by atoms with E-state index in [2.05, 4.69) is 0 Å². The average Bonchev–Trinajstić information content (AvgIpc) is 2.85. The van der Waals surface area contributed by atoms with Crippen LogP contribution in [0.25, 0.3) is 0 Å². The molecule has 6 nitrogen and oxygen atoms in total. The minimum atomic E-state index is -3.52. The zero-order chi connectivity index (χ0) is 24.0. The van der Waals surface area contributed by atoms with E-state index in [9.17, 15) is 13.2 Å². The lowest BCUT2D eigenvalue weighted by Crippen LogP contribution is -2.51. The zero-order valence-corrected chi connectivity index (χ0v) is 21.1. The van der Waals surface area contributed by atoms with Crippen LogP contribution in [0.3, 0.4) is 0 Å². The van der Waals surface area contributed by atoms with Crippen molar-refractivity contribution >= 4 is 27.5 Å². The molecule has 0 aromatic heterocycles. The molecule has 0 radical (unpaired) electrons. The van der Waals surface area contributed by atoms with Crippen LogP contribution in [0.15, 0.2) is 54.6 Å². The van der Waals surface area contributed by atoms with E-state index in [4.69, 9.17) is 16.3 Å². The summed E-state index contributed by atoms with van der Waals surface area (Å²) in [4.78, 5) is 15.2. The fraction of sp³-hybridized carbons (Fsp3) is 0.500. The van der Waals surface area contributed by atoms with Crippen LogP contribution in [0, 0.1) is 5.41 Å². The highest BCUT2D eigenvalue weighted by atomic mass is 35.5. The minimum Gasteiger partial charge on any atom is -0.493 e. The predicted molar refractivity (Wildman–Crippen MR) is 134 cm³/mol. The Bertz CT molecular complexity index is 1060. The number of carbonyl (C=O) groups is 1. The van der Waals surface area contributed by atoms with Crippen molar-refractivity contribution in [3.05, 3.63) is 65.2 Å². The molecular formula is C26H33ClN2O4S. The van der Waals surface area contributed by atoms with Crippen LogP contribution >= 0.6 is 11.6 Å². The Labute approximate surface area is 207 Å². The second-order valence-corrected chi connectivity index (χ2v) is 11.9. The number of hydrogen-bond acceptors (Lipinski definition) is 4. The summed E-state index contributed by atoms with van der Waals surface area (Å²) in [5.41, 5.74) is 0.191. The van der Waals surface area contributed by atoms with E-state index < -0.39 is 15.4 Å². The van der Waals surface area contributed by atoms with Gasteiger partial charge >= 0.3 is 0 Å². The quantitative estimate of drug-likeness (QED) is 0.521. The van der Waals surface area contributed by atoms with Gasteiger partial charge in [0.15, 0.2) is 0 Å². The first-order chi connectivity index (χ1) is 16.4. The lowest BCUT2D eigenvalue weighted by atomic mass is 9.78. The standard InChI is InChI=1S/C26H33ClN2O4S/c27-23-10-12-24(13-11-23)33-21-26(18-25(30)28-15-5-2-6-16-28)14-7-17-29(20-26)34(31,32)19-22-8-3-1-4-9-22/h1,3-4,8-13H,2,5-7,14-21H2. The van der Waals surface area contributed by atoms with E-state index in [-0.39, 0.29) is 31.2 Å². The third-order valence-electron chi connectivity index (χ3n) is 6.81. The zero-order valence-electron chi connectivity index (χ0n) is 19.5. The maximum absolute atomic E-state index is 13.3. The monoisotopic (exact) mass is 504 g/mol. The summed E-state index contributed by atoms with van der Waals surface area (Å²) >= 11 is 6.00. The first-order valence-electron chi connectivity index (χ1n) is 12.0. The number of sulfonamides is 1. The number of ether oxygens (including phenoxy) is 1. The summed E-state index contributed by atoms with van der Waals surface area (Å²) in [5, 5.41) is 0.623. The molecule has 4 rings (SSSR count). The maximum atomic E-state index is 13.3. The van der Waals surface area contributed by atoms with Gasteiger partial charge in [-0.05, 0) is 61.9 Å². The van der Waals surface area contributed by atoms with Crippen molar-refractivity contribution < 1.29 is 17.9 Å². The van der Waals surface area contributed by atoms with Gasteiger partial charge in [0.25, 0.3) is 0 Å². The van der Waals surface area contributed by atoms with E-state index in [1.54, 1.807) is 28.6 Å². The Morgan fingerprint density at radius 2 is 1.65 bits per heavy atom. The van der Waals surface area contributed by atoms with Crippen molar-refractivity contribution in [1.82, 2.24) is 9.21 Å². The smallest absolute Gasteiger partial charge is 0.223 e. The molecule has 1 atom stereocenters. The van der Waals surface area contributed by atoms with E-state index in [0.29, 0.717) is 23.7 Å². The molecule has 2 fully saturated rings. The number of amides is 1. The molecule has 2 saturated heterocycles. The summed E-state index contributed by atoms with van der Waals surface area (Å²) in [6.45, 7) is 2.60. The molecule has 0 aliphatic carbocycles. The van der Waals surface area contributed by atoms with Crippen molar-refractivity contribution in [2.24, 2.45) is 5.41 Å². The molecule has 2 aliphatic rings. The van der Waals surface area contributed by atoms with Crippen molar-refractivity contribution in [3.8, 4) is 5.75 Å². The van der Waals surface area contributed by atoms with Crippen LogP contribution in [0.4, 0.5) is 0 Å². The van der Waals surface area contributed by atoms with Gasteiger partial charge in [-0.2, -0.15) is 0 Å². The maximum Gasteiger partial charge on any atom is 0.223 e. The Kier molecular flexibility index (Phi) is 8.17. The van der Waals surface area contributed by atoms with Crippen LogP contribution in [0.2, 0.25) is 5.02 Å². The van der Waals surface area contributed by atoms with E-state index in [1.807, 2.05) is 35.2 Å². The minimum absolute atomic E-state index is 0.0396. The summed E-state index contributed by atoms with van der Waals surface area (Å²) in [5.74, 6) is 0.724. The van der Waals surface area contributed by atoms with Gasteiger partial charge in [-0.1, -0.05) is 41.9 Å². The summed E-state index contributed by atoms with van der Waals surface area (Å²) < 4.78 is 34.3. The highest BCUT2D eigenvalue weighted by Gasteiger charge is 2.42. The molecule has 184 valence electrons. The lowest BCUT2D eigenvalue weighted by Gasteiger charge is -2.42. The second kappa shape index (κ2) is 11.1. The summed E-state index contributed by atoms with van der Waals surface area (Å²) in [6.07, 6.45) is 4.94. The van der Waals surface area contributed by atoms with Gasteiger partial charge < -0.3 is 9.64 Å². The van der Waals surface area contributed by atoms with Crippen LogP contribution < -0.4 is 4.74 Å². The van der Waals surface area contributed by atoms with Crippen LogP contribution in [0.5, 0.6) is 5.75 Å². The molecule has 0 saturated carbocycles. The fourth-order valence-corrected chi connectivity index (χ4v) is 6.73. The number of hydrogen-bond donors (Lipinski definition) is 0. The third-order valence-corrected chi connectivity index (χ3v) is 8.85. The molecule has 0 bridgehead atoms.